The van der Waals surface area contributed by atoms with Crippen LogP contribution in [-0.2, 0) is 0 Å². The van der Waals surface area contributed by atoms with Crippen LogP contribution in [0.25, 0.3) is 0 Å². The largest absolute Gasteiger partial charge is 0.331 e. The number of carbonyl (C=O) groups is 1. The second-order valence-electron chi connectivity index (χ2n) is 3.71. The highest BCUT2D eigenvalue weighted by molar-refractivity contribution is 9.10. The SMILES string of the molecule is C[C@@H](NC(=O)Nc1nccs1)c1cccc(Br)c1. The number of aromatic nitrogens is 1. The molecule has 1 aromatic carbocycles. The van der Waals surface area contributed by atoms with Crippen LogP contribution in [0.2, 0.25) is 0 Å². The highest BCUT2D eigenvalue weighted by Gasteiger charge is 2.10. The Kier molecular flexibility index (Phi) is 4.33. The predicted octanol–water partition coefficient (Wildman–Crippen LogP) is 3.79. The molecule has 0 fully saturated rings. The van der Waals surface area contributed by atoms with Gasteiger partial charge in [-0.3, -0.25) is 5.32 Å². The van der Waals surface area contributed by atoms with Crippen LogP contribution in [-0.4, -0.2) is 11.0 Å². The van der Waals surface area contributed by atoms with Gasteiger partial charge in [0.05, 0.1) is 6.04 Å². The van der Waals surface area contributed by atoms with Crippen LogP contribution in [0.5, 0.6) is 0 Å². The van der Waals surface area contributed by atoms with Crippen molar-refractivity contribution < 1.29 is 4.79 Å². The van der Waals surface area contributed by atoms with Crippen molar-refractivity contribution in [3.63, 3.8) is 0 Å². The van der Waals surface area contributed by atoms with Crippen LogP contribution in [0.1, 0.15) is 18.5 Å². The Hall–Kier alpha value is -1.40. The van der Waals surface area contributed by atoms with E-state index in [2.05, 4.69) is 31.5 Å². The van der Waals surface area contributed by atoms with Gasteiger partial charge in [-0.25, -0.2) is 9.78 Å². The summed E-state index contributed by atoms with van der Waals surface area (Å²) in [5, 5.41) is 7.94. The summed E-state index contributed by atoms with van der Waals surface area (Å²) in [6, 6.07) is 7.52. The molecule has 1 atom stereocenters. The number of thiazole rings is 1. The van der Waals surface area contributed by atoms with Crippen LogP contribution in [0.15, 0.2) is 40.3 Å². The van der Waals surface area contributed by atoms with Crippen molar-refractivity contribution >= 4 is 38.4 Å². The lowest BCUT2D eigenvalue weighted by Gasteiger charge is -2.14. The molecule has 0 saturated carbocycles. The average molecular weight is 326 g/mol. The van der Waals surface area contributed by atoms with Gasteiger partial charge >= 0.3 is 6.03 Å². The monoisotopic (exact) mass is 325 g/mol. The van der Waals surface area contributed by atoms with Crippen molar-refractivity contribution in [2.75, 3.05) is 5.32 Å². The average Bonchev–Trinajstić information content (AvgIpc) is 2.81. The normalized spacial score (nSPS) is 11.9. The molecule has 6 heteroatoms. The standard InChI is InChI=1S/C12H12BrN3OS/c1-8(9-3-2-4-10(13)7-9)15-11(17)16-12-14-5-6-18-12/h2-8H,1H3,(H2,14,15,16,17)/t8-/m1/s1. The van der Waals surface area contributed by atoms with Gasteiger partial charge in [-0.05, 0) is 24.6 Å². The number of hydrogen-bond donors (Lipinski definition) is 2. The molecule has 18 heavy (non-hydrogen) atoms. The molecule has 2 aromatic rings. The van der Waals surface area contributed by atoms with Crippen molar-refractivity contribution in [1.82, 2.24) is 10.3 Å². The number of nitrogens with one attached hydrogen (secondary N) is 2. The highest BCUT2D eigenvalue weighted by Crippen LogP contribution is 2.18. The Morgan fingerprint density at radius 3 is 3.00 bits per heavy atom. The summed E-state index contributed by atoms with van der Waals surface area (Å²) in [6.07, 6.45) is 1.65. The molecular weight excluding hydrogens is 314 g/mol. The number of benzene rings is 1. The summed E-state index contributed by atoms with van der Waals surface area (Å²) >= 11 is 4.79. The first-order valence-corrected chi connectivity index (χ1v) is 7.05. The van der Waals surface area contributed by atoms with E-state index in [1.54, 1.807) is 6.20 Å². The minimum absolute atomic E-state index is 0.0672. The molecule has 2 N–H and O–H groups in total. The van der Waals surface area contributed by atoms with E-state index in [-0.39, 0.29) is 12.1 Å². The van der Waals surface area contributed by atoms with Crippen molar-refractivity contribution in [1.29, 1.82) is 0 Å². The van der Waals surface area contributed by atoms with Crippen molar-refractivity contribution in [3.8, 4) is 0 Å². The quantitative estimate of drug-likeness (QED) is 0.902. The van der Waals surface area contributed by atoms with E-state index in [1.807, 2.05) is 36.6 Å². The van der Waals surface area contributed by atoms with E-state index in [1.165, 1.54) is 11.3 Å². The van der Waals surface area contributed by atoms with Crippen molar-refractivity contribution in [3.05, 3.63) is 45.9 Å². The number of anilines is 1. The Morgan fingerprint density at radius 2 is 2.33 bits per heavy atom. The first-order chi connectivity index (χ1) is 8.65. The van der Waals surface area contributed by atoms with Gasteiger partial charge in [-0.1, -0.05) is 28.1 Å². The Bertz CT molecular complexity index is 530. The molecule has 0 bridgehead atoms. The maximum absolute atomic E-state index is 11.7. The molecule has 0 aliphatic rings. The van der Waals surface area contributed by atoms with E-state index in [9.17, 15) is 4.79 Å². The lowest BCUT2D eigenvalue weighted by molar-refractivity contribution is 0.249. The van der Waals surface area contributed by atoms with Crippen LogP contribution in [0.3, 0.4) is 0 Å². The molecule has 2 amide bonds. The molecule has 1 aromatic heterocycles. The Labute approximate surface area is 118 Å². The third-order valence-corrected chi connectivity index (χ3v) is 3.53. The summed E-state index contributed by atoms with van der Waals surface area (Å²) in [4.78, 5) is 15.7. The summed E-state index contributed by atoms with van der Waals surface area (Å²) in [6.45, 7) is 1.93. The van der Waals surface area contributed by atoms with Crippen LogP contribution in [0.4, 0.5) is 9.93 Å². The molecule has 0 unspecified atom stereocenters. The molecular formula is C12H12BrN3OS. The number of carbonyl (C=O) groups excluding carboxylic acids is 1. The second kappa shape index (κ2) is 5.97. The predicted molar refractivity (Wildman–Crippen MR) is 76.8 cm³/mol. The maximum Gasteiger partial charge on any atom is 0.321 e. The van der Waals surface area contributed by atoms with Gasteiger partial charge in [0.15, 0.2) is 5.13 Å². The van der Waals surface area contributed by atoms with Gasteiger partial charge in [0.25, 0.3) is 0 Å². The van der Waals surface area contributed by atoms with Crippen molar-refractivity contribution in [2.24, 2.45) is 0 Å². The zero-order valence-electron chi connectivity index (χ0n) is 9.68. The van der Waals surface area contributed by atoms with Crippen LogP contribution < -0.4 is 10.6 Å². The zero-order chi connectivity index (χ0) is 13.0. The molecule has 4 nitrogen and oxygen atoms in total. The van der Waals surface area contributed by atoms with E-state index in [0.29, 0.717) is 5.13 Å². The molecule has 0 spiro atoms. The molecule has 0 saturated heterocycles. The van der Waals surface area contributed by atoms with Gasteiger partial charge in [0.1, 0.15) is 0 Å². The Balaban J connectivity index is 1.95. The van der Waals surface area contributed by atoms with E-state index < -0.39 is 0 Å². The molecule has 0 radical (unpaired) electrons. The third kappa shape index (κ3) is 3.54. The molecule has 2 rings (SSSR count). The van der Waals surface area contributed by atoms with Gasteiger partial charge in [-0.15, -0.1) is 11.3 Å². The summed E-state index contributed by atoms with van der Waals surface area (Å²) in [5.74, 6) is 0. The summed E-state index contributed by atoms with van der Waals surface area (Å²) in [7, 11) is 0. The summed E-state index contributed by atoms with van der Waals surface area (Å²) < 4.78 is 0.994. The topological polar surface area (TPSA) is 54.0 Å². The van der Waals surface area contributed by atoms with Crippen molar-refractivity contribution in [2.45, 2.75) is 13.0 Å². The lowest BCUT2D eigenvalue weighted by Crippen LogP contribution is -2.31. The number of urea groups is 1. The fourth-order valence-corrected chi connectivity index (χ4v) is 2.42. The lowest BCUT2D eigenvalue weighted by atomic mass is 10.1. The number of rotatable bonds is 3. The van der Waals surface area contributed by atoms with Gasteiger partial charge < -0.3 is 5.32 Å². The maximum atomic E-state index is 11.7. The first-order valence-electron chi connectivity index (χ1n) is 5.37. The fourth-order valence-electron chi connectivity index (χ4n) is 1.47. The third-order valence-electron chi connectivity index (χ3n) is 2.35. The highest BCUT2D eigenvalue weighted by atomic mass is 79.9. The minimum atomic E-state index is -0.252. The van der Waals surface area contributed by atoms with Gasteiger partial charge in [0, 0.05) is 16.0 Å². The van der Waals surface area contributed by atoms with Crippen LogP contribution >= 0.6 is 27.3 Å². The second-order valence-corrected chi connectivity index (χ2v) is 5.52. The zero-order valence-corrected chi connectivity index (χ0v) is 12.1. The van der Waals surface area contributed by atoms with Crippen LogP contribution in [0, 0.1) is 0 Å². The van der Waals surface area contributed by atoms with E-state index in [4.69, 9.17) is 0 Å². The summed E-state index contributed by atoms with van der Waals surface area (Å²) in [5.41, 5.74) is 1.04. The minimum Gasteiger partial charge on any atom is -0.331 e. The molecule has 0 aliphatic heterocycles. The number of halogens is 1. The number of nitrogens with zero attached hydrogens (tertiary/aromatic N) is 1. The molecule has 94 valence electrons. The van der Waals surface area contributed by atoms with E-state index in [0.717, 1.165) is 10.0 Å². The van der Waals surface area contributed by atoms with Gasteiger partial charge in [0.2, 0.25) is 0 Å². The number of amides is 2. The smallest absolute Gasteiger partial charge is 0.321 e. The number of hydrogen-bond acceptors (Lipinski definition) is 3. The first kappa shape index (κ1) is 13.0. The van der Waals surface area contributed by atoms with Gasteiger partial charge in [-0.2, -0.15) is 0 Å². The molecule has 1 heterocycles. The molecule has 0 aliphatic carbocycles. The Morgan fingerprint density at radius 1 is 1.50 bits per heavy atom. The fraction of sp³-hybridized carbons (Fsp3) is 0.167. The van der Waals surface area contributed by atoms with E-state index >= 15 is 0 Å².